The van der Waals surface area contributed by atoms with Gasteiger partial charge >= 0.3 is 5.69 Å². The largest absolute Gasteiger partial charge is 0.329 e. The number of nitrogens with zero attached hydrogens (tertiary/aromatic N) is 6. The molecule has 2 atom stereocenters. The molecule has 1 saturated carbocycles. The third kappa shape index (κ3) is 4.09. The maximum absolute atomic E-state index is 13.3. The summed E-state index contributed by atoms with van der Waals surface area (Å²) >= 11 is 0. The first-order chi connectivity index (χ1) is 16.6. The second-order valence-corrected chi connectivity index (χ2v) is 8.71. The Morgan fingerprint density at radius 1 is 1.06 bits per heavy atom. The number of rotatable bonds is 9. The number of carbonyl (C=O) groups excluding carboxylic acids is 1. The van der Waals surface area contributed by atoms with Crippen molar-refractivity contribution in [2.75, 3.05) is 0 Å². The molecule has 0 spiro atoms. The molecule has 2 unspecified atom stereocenters. The van der Waals surface area contributed by atoms with Gasteiger partial charge < -0.3 is 0 Å². The lowest BCUT2D eigenvalue weighted by Gasteiger charge is -2.09. The van der Waals surface area contributed by atoms with E-state index in [1.165, 1.54) is 0 Å². The number of benzene rings is 1. The Kier molecular flexibility index (Phi) is 5.91. The van der Waals surface area contributed by atoms with Gasteiger partial charge in [-0.05, 0) is 53.8 Å². The van der Waals surface area contributed by atoms with Crippen molar-refractivity contribution in [1.29, 1.82) is 0 Å². The third-order valence-corrected chi connectivity index (χ3v) is 6.48. The average Bonchev–Trinajstić information content (AvgIpc) is 3.19. The fourth-order valence-electron chi connectivity index (χ4n) is 4.53. The number of unbranched alkanes of at least 4 members (excludes halogenated alkanes) is 1. The van der Waals surface area contributed by atoms with Gasteiger partial charge in [-0.2, -0.15) is 5.21 Å². The van der Waals surface area contributed by atoms with Crippen LogP contribution in [0.25, 0.3) is 22.5 Å². The Hall–Kier alpha value is -3.88. The van der Waals surface area contributed by atoms with Gasteiger partial charge in [0.1, 0.15) is 6.04 Å². The van der Waals surface area contributed by atoms with E-state index in [0.29, 0.717) is 12.4 Å². The molecule has 0 aliphatic heterocycles. The van der Waals surface area contributed by atoms with Crippen molar-refractivity contribution >= 4 is 5.78 Å². The van der Waals surface area contributed by atoms with Crippen LogP contribution < -0.4 is 5.69 Å². The lowest BCUT2D eigenvalue weighted by atomic mass is 10.0. The zero-order chi connectivity index (χ0) is 23.7. The first-order valence-corrected chi connectivity index (χ1v) is 11.7. The average molecular weight is 458 g/mol. The number of pyridine rings is 1. The molecule has 4 aromatic rings. The van der Waals surface area contributed by atoms with Crippen LogP contribution >= 0.6 is 0 Å². The number of nitrogens with one attached hydrogen (secondary N) is 1. The summed E-state index contributed by atoms with van der Waals surface area (Å²) in [6.07, 6.45) is 7.21. The monoisotopic (exact) mass is 457 g/mol. The number of hydrogen-bond donors (Lipinski definition) is 1. The first-order valence-electron chi connectivity index (χ1n) is 11.7. The van der Waals surface area contributed by atoms with Gasteiger partial charge in [-0.15, -0.1) is 10.2 Å². The van der Waals surface area contributed by atoms with Gasteiger partial charge in [-0.1, -0.05) is 38.5 Å². The van der Waals surface area contributed by atoms with E-state index in [0.717, 1.165) is 53.8 Å². The number of aromatic nitrogens is 7. The molecular weight excluding hydrogens is 430 g/mol. The molecule has 3 heterocycles. The second-order valence-electron chi connectivity index (χ2n) is 8.71. The summed E-state index contributed by atoms with van der Waals surface area (Å²) in [5.41, 5.74) is 4.45. The quantitative estimate of drug-likeness (QED) is 0.412. The lowest BCUT2D eigenvalue weighted by molar-refractivity contribution is -0.111. The summed E-state index contributed by atoms with van der Waals surface area (Å²) in [6.45, 7) is 4.48. The Morgan fingerprint density at radius 3 is 2.62 bits per heavy atom. The molecule has 1 fully saturated rings. The van der Waals surface area contributed by atoms with Crippen LogP contribution in [0.5, 0.6) is 0 Å². The van der Waals surface area contributed by atoms with Gasteiger partial charge in [0.15, 0.2) is 5.78 Å². The Balaban J connectivity index is 1.46. The van der Waals surface area contributed by atoms with Gasteiger partial charge in [0, 0.05) is 29.6 Å². The third-order valence-electron chi connectivity index (χ3n) is 6.48. The lowest BCUT2D eigenvalue weighted by Crippen LogP contribution is -2.26. The second kappa shape index (κ2) is 9.17. The molecule has 9 nitrogen and oxygen atoms in total. The minimum Gasteiger partial charge on any atom is -0.297 e. The number of ketones is 1. The number of tetrazole rings is 1. The normalized spacial score (nSPS) is 17.3. The SMILES string of the molecule is CCCCc1cn(C2C(=O)C2CC)c(=O)n1Cc1cc(-c2cccc(-c3nn[nH]n3)c2)ccn1. The van der Waals surface area contributed by atoms with Crippen LogP contribution in [0.2, 0.25) is 0 Å². The minimum atomic E-state index is -0.314. The van der Waals surface area contributed by atoms with E-state index >= 15 is 0 Å². The molecule has 3 aromatic heterocycles. The van der Waals surface area contributed by atoms with Crippen molar-refractivity contribution in [3.05, 3.63) is 70.7 Å². The molecule has 34 heavy (non-hydrogen) atoms. The molecule has 1 aliphatic carbocycles. The Morgan fingerprint density at radius 2 is 1.88 bits per heavy atom. The van der Waals surface area contributed by atoms with Crippen molar-refractivity contribution in [2.24, 2.45) is 5.92 Å². The van der Waals surface area contributed by atoms with Crippen LogP contribution in [-0.2, 0) is 17.8 Å². The van der Waals surface area contributed by atoms with Gasteiger partial charge in [-0.25, -0.2) is 4.79 Å². The summed E-state index contributed by atoms with van der Waals surface area (Å²) in [4.78, 5) is 30.0. The van der Waals surface area contributed by atoms with Crippen LogP contribution in [0.4, 0.5) is 0 Å². The molecule has 1 aromatic carbocycles. The standard InChI is InChI=1S/C25H27N7O2/c1-3-5-9-20-15-32(22-21(4-2)23(22)33)25(34)31(20)14-19-13-17(10-11-26-19)16-7-6-8-18(12-16)24-27-29-30-28-24/h6-8,10-13,15,21-22H,3-5,9,14H2,1-2H3,(H,27,28,29,30). The molecule has 9 heteroatoms. The maximum atomic E-state index is 13.3. The molecule has 1 aliphatic rings. The highest BCUT2D eigenvalue weighted by Gasteiger charge is 2.50. The summed E-state index contributed by atoms with van der Waals surface area (Å²) in [7, 11) is 0. The number of aromatic amines is 1. The summed E-state index contributed by atoms with van der Waals surface area (Å²) in [5.74, 6) is 0.649. The van der Waals surface area contributed by atoms with E-state index in [9.17, 15) is 9.59 Å². The Labute approximate surface area is 196 Å². The van der Waals surface area contributed by atoms with Crippen LogP contribution in [0.1, 0.15) is 50.5 Å². The molecule has 0 amide bonds. The highest BCUT2D eigenvalue weighted by atomic mass is 16.2. The molecule has 1 N–H and O–H groups in total. The van der Waals surface area contributed by atoms with Gasteiger partial charge in [-0.3, -0.25) is 18.9 Å². The van der Waals surface area contributed by atoms with E-state index in [2.05, 4.69) is 32.5 Å². The highest BCUT2D eigenvalue weighted by Crippen LogP contribution is 2.40. The van der Waals surface area contributed by atoms with Crippen LogP contribution in [-0.4, -0.2) is 40.5 Å². The molecule has 0 saturated heterocycles. The number of hydrogen-bond acceptors (Lipinski definition) is 6. The van der Waals surface area contributed by atoms with Crippen LogP contribution in [0.3, 0.4) is 0 Å². The van der Waals surface area contributed by atoms with Gasteiger partial charge in [0.05, 0.1) is 12.2 Å². The topological polar surface area (TPSA) is 111 Å². The first kappa shape index (κ1) is 21.9. The number of imidazole rings is 1. The van der Waals surface area contributed by atoms with E-state index in [-0.39, 0.29) is 23.4 Å². The van der Waals surface area contributed by atoms with Crippen molar-refractivity contribution in [3.63, 3.8) is 0 Å². The predicted octanol–water partition coefficient (Wildman–Crippen LogP) is 3.43. The summed E-state index contributed by atoms with van der Waals surface area (Å²) < 4.78 is 3.41. The predicted molar refractivity (Wildman–Crippen MR) is 127 cm³/mol. The molecule has 0 radical (unpaired) electrons. The number of H-pyrrole nitrogens is 1. The number of carbonyl (C=O) groups is 1. The molecular formula is C25H27N7O2. The van der Waals surface area contributed by atoms with Gasteiger partial charge in [0.2, 0.25) is 5.82 Å². The van der Waals surface area contributed by atoms with Crippen molar-refractivity contribution in [1.82, 2.24) is 34.7 Å². The number of aryl methyl sites for hydroxylation is 1. The molecule has 5 rings (SSSR count). The van der Waals surface area contributed by atoms with Crippen molar-refractivity contribution in [3.8, 4) is 22.5 Å². The number of Topliss-reactive ketones (excluding diaryl/α,β-unsaturated/α-hetero) is 1. The Bertz CT molecular complexity index is 1370. The van der Waals surface area contributed by atoms with E-state index in [4.69, 9.17) is 0 Å². The highest BCUT2D eigenvalue weighted by molar-refractivity contribution is 6.01. The zero-order valence-corrected chi connectivity index (χ0v) is 19.3. The fourth-order valence-corrected chi connectivity index (χ4v) is 4.53. The van der Waals surface area contributed by atoms with Crippen LogP contribution in [0.15, 0.2) is 53.6 Å². The molecule has 0 bridgehead atoms. The van der Waals surface area contributed by atoms with E-state index in [1.54, 1.807) is 15.3 Å². The van der Waals surface area contributed by atoms with Gasteiger partial charge in [0.25, 0.3) is 0 Å². The zero-order valence-electron chi connectivity index (χ0n) is 19.3. The summed E-state index contributed by atoms with van der Waals surface area (Å²) in [6, 6.07) is 11.5. The van der Waals surface area contributed by atoms with Crippen molar-refractivity contribution < 1.29 is 4.79 Å². The van der Waals surface area contributed by atoms with E-state index in [1.807, 2.05) is 49.5 Å². The smallest absolute Gasteiger partial charge is 0.297 e. The molecule has 174 valence electrons. The fraction of sp³-hybridized carbons (Fsp3) is 0.360. The van der Waals surface area contributed by atoms with E-state index < -0.39 is 0 Å². The maximum Gasteiger partial charge on any atom is 0.329 e. The van der Waals surface area contributed by atoms with Crippen molar-refractivity contribution in [2.45, 2.75) is 52.1 Å². The van der Waals surface area contributed by atoms with Crippen LogP contribution in [0, 0.1) is 5.92 Å². The summed E-state index contributed by atoms with van der Waals surface area (Å²) in [5, 5.41) is 14.2. The minimum absolute atomic E-state index is 0.0412.